The molecule has 0 bridgehead atoms. The van der Waals surface area contributed by atoms with Gasteiger partial charge in [0.15, 0.2) is 11.6 Å². The Morgan fingerprint density at radius 2 is 1.69 bits per heavy atom. The highest BCUT2D eigenvalue weighted by atomic mass is 35.5. The molecular weight excluding hydrogens is 511 g/mol. The average molecular weight is 529 g/mol. The second kappa shape index (κ2) is 9.82. The summed E-state index contributed by atoms with van der Waals surface area (Å²) in [6.07, 6.45) is -4.40. The fourth-order valence-electron chi connectivity index (χ4n) is 3.58. The van der Waals surface area contributed by atoms with Crippen LogP contribution in [0.25, 0.3) is 17.1 Å². The highest BCUT2D eigenvalue weighted by molar-refractivity contribution is 6.31. The van der Waals surface area contributed by atoms with Crippen molar-refractivity contribution in [2.45, 2.75) is 32.6 Å². The molecule has 4 aromatic rings. The Bertz CT molecular complexity index is 1410. The predicted molar refractivity (Wildman–Crippen MR) is 123 cm³/mol. The van der Waals surface area contributed by atoms with Crippen LogP contribution in [0, 0.1) is 0 Å². The lowest BCUT2D eigenvalue weighted by Gasteiger charge is -2.14. The maximum atomic E-state index is 13.6. The number of halogens is 6. The van der Waals surface area contributed by atoms with Gasteiger partial charge in [0.05, 0.1) is 17.8 Å². The number of hydrogen-bond acceptors (Lipinski definition) is 4. The summed E-state index contributed by atoms with van der Waals surface area (Å²) in [6, 6.07) is 9.87. The molecular formula is C22H18Cl2F4N6O. The minimum Gasteiger partial charge on any atom is -0.272 e. The van der Waals surface area contributed by atoms with Crippen molar-refractivity contribution in [2.75, 3.05) is 6.67 Å². The van der Waals surface area contributed by atoms with Crippen LogP contribution in [0.1, 0.15) is 24.1 Å². The third-order valence-corrected chi connectivity index (χ3v) is 5.64. The summed E-state index contributed by atoms with van der Waals surface area (Å²) in [6.45, 7) is 0.469. The zero-order chi connectivity index (χ0) is 25.3. The Hall–Kier alpha value is -3.18. The van der Waals surface area contributed by atoms with E-state index < -0.39 is 24.1 Å². The van der Waals surface area contributed by atoms with Crippen LogP contribution in [0.3, 0.4) is 0 Å². The Kier molecular flexibility index (Phi) is 7.00. The molecule has 2 aromatic heterocycles. The lowest BCUT2D eigenvalue weighted by atomic mass is 10.1. The number of alkyl halides is 4. The SMILES string of the molecule is CCc1nc(Cn2nc(-c3ccc(Cl)cc3)n(CCF)c2=O)nn1-c1ccc(Cl)cc1C(F)(F)F. The van der Waals surface area contributed by atoms with E-state index in [1.807, 2.05) is 0 Å². The van der Waals surface area contributed by atoms with Crippen molar-refractivity contribution >= 4 is 23.2 Å². The van der Waals surface area contributed by atoms with Crippen molar-refractivity contribution in [1.82, 2.24) is 29.1 Å². The van der Waals surface area contributed by atoms with Gasteiger partial charge in [0.1, 0.15) is 19.0 Å². The smallest absolute Gasteiger partial charge is 0.272 e. The maximum absolute atomic E-state index is 13.6. The van der Waals surface area contributed by atoms with E-state index in [9.17, 15) is 22.4 Å². The van der Waals surface area contributed by atoms with Crippen LogP contribution in [-0.2, 0) is 25.7 Å². The zero-order valence-corrected chi connectivity index (χ0v) is 19.7. The first-order valence-electron chi connectivity index (χ1n) is 10.4. The van der Waals surface area contributed by atoms with E-state index in [0.717, 1.165) is 15.4 Å². The number of aryl methyl sites for hydroxylation is 1. The number of aromatic nitrogens is 6. The van der Waals surface area contributed by atoms with Gasteiger partial charge >= 0.3 is 11.9 Å². The second-order valence-corrected chi connectivity index (χ2v) is 8.35. The van der Waals surface area contributed by atoms with E-state index >= 15 is 0 Å². The van der Waals surface area contributed by atoms with Crippen molar-refractivity contribution in [3.8, 4) is 17.1 Å². The molecule has 0 aliphatic carbocycles. The summed E-state index contributed by atoms with van der Waals surface area (Å²) in [7, 11) is 0. The third-order valence-electron chi connectivity index (χ3n) is 5.15. The number of rotatable bonds is 7. The lowest BCUT2D eigenvalue weighted by Crippen LogP contribution is -2.26. The summed E-state index contributed by atoms with van der Waals surface area (Å²) >= 11 is 11.7. The monoisotopic (exact) mass is 528 g/mol. The summed E-state index contributed by atoms with van der Waals surface area (Å²) in [5, 5.41) is 8.93. The molecule has 2 aromatic carbocycles. The summed E-state index contributed by atoms with van der Waals surface area (Å²) < 4.78 is 57.4. The fourth-order valence-corrected chi connectivity index (χ4v) is 3.88. The maximum Gasteiger partial charge on any atom is 0.418 e. The van der Waals surface area contributed by atoms with E-state index in [4.69, 9.17) is 23.2 Å². The Labute approximate surface area is 206 Å². The topological polar surface area (TPSA) is 70.5 Å². The number of benzene rings is 2. The fraction of sp³-hybridized carbons (Fsp3) is 0.273. The molecule has 7 nitrogen and oxygen atoms in total. The van der Waals surface area contributed by atoms with Gasteiger partial charge in [-0.15, -0.1) is 10.2 Å². The first-order chi connectivity index (χ1) is 16.6. The zero-order valence-electron chi connectivity index (χ0n) is 18.2. The van der Waals surface area contributed by atoms with Gasteiger partial charge in [0.2, 0.25) is 0 Å². The molecule has 35 heavy (non-hydrogen) atoms. The van der Waals surface area contributed by atoms with E-state index in [0.29, 0.717) is 10.6 Å². The average Bonchev–Trinajstić information content (AvgIpc) is 3.35. The van der Waals surface area contributed by atoms with E-state index in [1.165, 1.54) is 16.7 Å². The van der Waals surface area contributed by atoms with Gasteiger partial charge in [-0.1, -0.05) is 30.1 Å². The van der Waals surface area contributed by atoms with Crippen molar-refractivity contribution < 1.29 is 17.6 Å². The molecule has 0 amide bonds. The van der Waals surface area contributed by atoms with Gasteiger partial charge in [-0.2, -0.15) is 13.2 Å². The first-order valence-corrected chi connectivity index (χ1v) is 11.2. The first kappa shape index (κ1) is 24.9. The molecule has 0 atom stereocenters. The van der Waals surface area contributed by atoms with Crippen LogP contribution in [-0.4, -0.2) is 35.8 Å². The molecule has 184 valence electrons. The van der Waals surface area contributed by atoms with Crippen molar-refractivity contribution in [1.29, 1.82) is 0 Å². The predicted octanol–water partition coefficient (Wildman–Crippen LogP) is 5.20. The third kappa shape index (κ3) is 5.10. The molecule has 0 aliphatic heterocycles. The molecule has 13 heteroatoms. The van der Waals surface area contributed by atoms with Gasteiger partial charge in [-0.05, 0) is 42.5 Å². The van der Waals surface area contributed by atoms with Crippen molar-refractivity contribution in [2.24, 2.45) is 0 Å². The lowest BCUT2D eigenvalue weighted by molar-refractivity contribution is -0.137. The Balaban J connectivity index is 1.76. The largest absolute Gasteiger partial charge is 0.418 e. The van der Waals surface area contributed by atoms with Crippen molar-refractivity contribution in [3.63, 3.8) is 0 Å². The van der Waals surface area contributed by atoms with Gasteiger partial charge in [-0.25, -0.2) is 23.5 Å². The molecule has 0 spiro atoms. The van der Waals surface area contributed by atoms with Crippen LogP contribution < -0.4 is 5.69 Å². The van der Waals surface area contributed by atoms with Crippen LogP contribution in [0.4, 0.5) is 17.6 Å². The van der Waals surface area contributed by atoms with E-state index in [1.54, 1.807) is 31.2 Å². The van der Waals surface area contributed by atoms with E-state index in [2.05, 4.69) is 15.2 Å². The van der Waals surface area contributed by atoms with Crippen LogP contribution in [0.2, 0.25) is 10.0 Å². The molecule has 0 N–H and O–H groups in total. The Morgan fingerprint density at radius 3 is 2.31 bits per heavy atom. The number of hydrogen-bond donors (Lipinski definition) is 0. The highest BCUT2D eigenvalue weighted by Crippen LogP contribution is 2.35. The molecule has 0 aliphatic rings. The van der Waals surface area contributed by atoms with Gasteiger partial charge in [0, 0.05) is 22.0 Å². The minimum absolute atomic E-state index is 0.0691. The van der Waals surface area contributed by atoms with Gasteiger partial charge in [-0.3, -0.25) is 4.57 Å². The highest BCUT2D eigenvalue weighted by Gasteiger charge is 2.35. The minimum atomic E-state index is -4.67. The summed E-state index contributed by atoms with van der Waals surface area (Å²) in [5.41, 5.74) is -1.27. The summed E-state index contributed by atoms with van der Waals surface area (Å²) in [5.74, 6) is 0.540. The van der Waals surface area contributed by atoms with Crippen molar-refractivity contribution in [3.05, 3.63) is 80.2 Å². The molecule has 2 heterocycles. The molecule has 0 saturated carbocycles. The summed E-state index contributed by atoms with van der Waals surface area (Å²) in [4.78, 5) is 17.2. The van der Waals surface area contributed by atoms with Gasteiger partial charge in [0.25, 0.3) is 0 Å². The van der Waals surface area contributed by atoms with Gasteiger partial charge < -0.3 is 0 Å². The molecule has 0 unspecified atom stereocenters. The molecule has 0 radical (unpaired) electrons. The molecule has 4 rings (SSSR count). The normalized spacial score (nSPS) is 11.9. The van der Waals surface area contributed by atoms with Crippen LogP contribution >= 0.6 is 23.2 Å². The quantitative estimate of drug-likeness (QED) is 0.309. The van der Waals surface area contributed by atoms with E-state index in [-0.39, 0.29) is 47.7 Å². The number of nitrogens with zero attached hydrogens (tertiary/aromatic N) is 6. The Morgan fingerprint density at radius 1 is 1.00 bits per heavy atom. The standard InChI is InChI=1S/C22H18Cl2F4N6O/c1-2-19-29-18(30-34(19)17-8-7-15(24)11-16(17)22(26,27)28)12-33-21(35)32(10-9-25)20(31-33)13-3-5-14(23)6-4-13/h3-8,11H,2,9-10,12H2,1H3. The second-order valence-electron chi connectivity index (χ2n) is 7.48. The molecule has 0 fully saturated rings. The van der Waals surface area contributed by atoms with Crippen LogP contribution in [0.15, 0.2) is 47.3 Å². The molecule has 0 saturated heterocycles. The van der Waals surface area contributed by atoms with Crippen LogP contribution in [0.5, 0.6) is 0 Å².